The number of hydrogen-bond acceptors (Lipinski definition) is 5. The molecule has 1 saturated heterocycles. The van der Waals surface area contributed by atoms with E-state index in [9.17, 15) is 13.2 Å². The van der Waals surface area contributed by atoms with Crippen molar-refractivity contribution < 1.29 is 13.2 Å². The van der Waals surface area contributed by atoms with Crippen LogP contribution >= 0.6 is 0 Å². The number of anilines is 2. The van der Waals surface area contributed by atoms with Crippen molar-refractivity contribution in [3.05, 3.63) is 84.6 Å². The zero-order valence-corrected chi connectivity index (χ0v) is 20.4. The summed E-state index contributed by atoms with van der Waals surface area (Å²) in [5, 5.41) is 0. The smallest absolute Gasteiger partial charge is 0.264 e. The topological polar surface area (TPSA) is 73.8 Å². The van der Waals surface area contributed by atoms with Crippen molar-refractivity contribution >= 4 is 27.4 Å². The maximum absolute atomic E-state index is 13.5. The molecule has 0 aliphatic carbocycles. The fourth-order valence-corrected chi connectivity index (χ4v) is 5.44. The summed E-state index contributed by atoms with van der Waals surface area (Å²) in [4.78, 5) is 21.7. The molecule has 1 fully saturated rings. The minimum atomic E-state index is -3.91. The van der Waals surface area contributed by atoms with Crippen LogP contribution in [-0.2, 0) is 14.8 Å². The van der Waals surface area contributed by atoms with Gasteiger partial charge in [0.05, 0.1) is 10.6 Å². The highest BCUT2D eigenvalue weighted by Gasteiger charge is 2.30. The second kappa shape index (κ2) is 10.3. The van der Waals surface area contributed by atoms with Crippen LogP contribution in [0.15, 0.2) is 83.9 Å². The van der Waals surface area contributed by atoms with Crippen LogP contribution in [0.25, 0.3) is 0 Å². The number of hydrogen-bond donors (Lipinski definition) is 0. The Balaban J connectivity index is 1.54. The number of sulfonamides is 1. The minimum absolute atomic E-state index is 0.163. The molecule has 2 aromatic carbocycles. The maximum atomic E-state index is 13.5. The van der Waals surface area contributed by atoms with Crippen molar-refractivity contribution in [2.45, 2.75) is 24.7 Å². The number of pyridine rings is 1. The fourth-order valence-electron chi connectivity index (χ4n) is 4.01. The van der Waals surface area contributed by atoms with E-state index in [1.165, 1.54) is 4.31 Å². The number of nitrogens with zero attached hydrogens (tertiary/aromatic N) is 4. The van der Waals surface area contributed by atoms with Gasteiger partial charge < -0.3 is 9.80 Å². The van der Waals surface area contributed by atoms with Gasteiger partial charge in [-0.15, -0.1) is 0 Å². The zero-order valence-electron chi connectivity index (χ0n) is 19.5. The highest BCUT2D eigenvalue weighted by molar-refractivity contribution is 7.92. The first-order valence-corrected chi connectivity index (χ1v) is 12.9. The lowest BCUT2D eigenvalue weighted by Crippen LogP contribution is -2.52. The molecule has 1 amide bonds. The van der Waals surface area contributed by atoms with Crippen molar-refractivity contribution in [3.8, 4) is 0 Å². The molecule has 4 rings (SSSR count). The predicted molar refractivity (Wildman–Crippen MR) is 135 cm³/mol. The highest BCUT2D eigenvalue weighted by atomic mass is 32.2. The second-order valence-corrected chi connectivity index (χ2v) is 10.5. The average molecular weight is 479 g/mol. The monoisotopic (exact) mass is 478 g/mol. The van der Waals surface area contributed by atoms with Gasteiger partial charge in [-0.2, -0.15) is 0 Å². The standard InChI is InChI=1S/C26H30N4O3S/c1-21(2)22-11-13-23(14-12-22)30(34(32,33)24-8-4-3-5-9-24)20-26(31)29-18-16-28(17-19-29)25-10-6-7-15-27-25/h3-15,21H,16-20H2,1-2H3. The molecule has 0 bridgehead atoms. The summed E-state index contributed by atoms with van der Waals surface area (Å²) in [6.45, 7) is 6.25. The summed E-state index contributed by atoms with van der Waals surface area (Å²) in [6.07, 6.45) is 1.75. The third kappa shape index (κ3) is 5.22. The Bertz CT molecular complexity index is 1190. The summed E-state index contributed by atoms with van der Waals surface area (Å²) in [5.74, 6) is 0.992. The van der Waals surface area contributed by atoms with Gasteiger partial charge in [-0.1, -0.05) is 50.2 Å². The molecule has 7 nitrogen and oxygen atoms in total. The lowest BCUT2D eigenvalue weighted by atomic mass is 10.0. The zero-order chi connectivity index (χ0) is 24.1. The molecular formula is C26H30N4O3S. The number of piperazine rings is 1. The molecule has 1 aliphatic heterocycles. The Morgan fingerprint density at radius 1 is 0.912 bits per heavy atom. The third-order valence-electron chi connectivity index (χ3n) is 6.06. The van der Waals surface area contributed by atoms with Gasteiger partial charge in [0.2, 0.25) is 5.91 Å². The van der Waals surface area contributed by atoms with Gasteiger partial charge in [0.15, 0.2) is 0 Å². The summed E-state index contributed by atoms with van der Waals surface area (Å²) < 4.78 is 28.3. The SMILES string of the molecule is CC(C)c1ccc(N(CC(=O)N2CCN(c3ccccn3)CC2)S(=O)(=O)c2ccccc2)cc1. The van der Waals surface area contributed by atoms with Crippen molar-refractivity contribution in [2.24, 2.45) is 0 Å². The first kappa shape index (κ1) is 23.8. The van der Waals surface area contributed by atoms with E-state index in [2.05, 4.69) is 23.7 Å². The van der Waals surface area contributed by atoms with Gasteiger partial charge >= 0.3 is 0 Å². The molecule has 1 aromatic heterocycles. The summed E-state index contributed by atoms with van der Waals surface area (Å²) in [7, 11) is -3.91. The van der Waals surface area contributed by atoms with E-state index < -0.39 is 10.0 Å². The van der Waals surface area contributed by atoms with Crippen LogP contribution in [0.4, 0.5) is 11.5 Å². The molecule has 3 aromatic rings. The van der Waals surface area contributed by atoms with E-state index in [1.807, 2.05) is 30.3 Å². The molecule has 0 radical (unpaired) electrons. The molecule has 2 heterocycles. The van der Waals surface area contributed by atoms with Crippen molar-refractivity contribution in [2.75, 3.05) is 41.9 Å². The number of benzene rings is 2. The van der Waals surface area contributed by atoms with Crippen LogP contribution in [-0.4, -0.2) is 56.9 Å². The highest BCUT2D eigenvalue weighted by Crippen LogP contribution is 2.26. The number of rotatable bonds is 7. The summed E-state index contributed by atoms with van der Waals surface area (Å²) in [6, 6.07) is 21.4. The minimum Gasteiger partial charge on any atom is -0.353 e. The molecule has 34 heavy (non-hydrogen) atoms. The molecule has 178 valence electrons. The second-order valence-electron chi connectivity index (χ2n) is 8.63. The number of aromatic nitrogens is 1. The molecule has 1 aliphatic rings. The summed E-state index contributed by atoms with van der Waals surface area (Å²) in [5.41, 5.74) is 1.59. The molecular weight excluding hydrogens is 448 g/mol. The Morgan fingerprint density at radius 2 is 1.56 bits per heavy atom. The van der Waals surface area contributed by atoms with E-state index in [0.29, 0.717) is 37.8 Å². The van der Waals surface area contributed by atoms with E-state index in [4.69, 9.17) is 0 Å². The average Bonchev–Trinajstić information content (AvgIpc) is 2.88. The van der Waals surface area contributed by atoms with Crippen molar-refractivity contribution in [3.63, 3.8) is 0 Å². The van der Waals surface area contributed by atoms with Crippen LogP contribution in [0.5, 0.6) is 0 Å². The van der Waals surface area contributed by atoms with Gasteiger partial charge in [0.25, 0.3) is 10.0 Å². The quantitative estimate of drug-likeness (QED) is 0.517. The maximum Gasteiger partial charge on any atom is 0.264 e. The van der Waals surface area contributed by atoms with Crippen molar-refractivity contribution in [1.82, 2.24) is 9.88 Å². The Kier molecular flexibility index (Phi) is 7.17. The lowest BCUT2D eigenvalue weighted by Gasteiger charge is -2.36. The van der Waals surface area contributed by atoms with Gasteiger partial charge in [-0.05, 0) is 47.9 Å². The van der Waals surface area contributed by atoms with E-state index >= 15 is 0 Å². The Labute approximate surface area is 201 Å². The van der Waals surface area contributed by atoms with Gasteiger partial charge in [0.1, 0.15) is 12.4 Å². The number of carbonyl (C=O) groups excluding carboxylic acids is 1. The Hall–Kier alpha value is -3.39. The predicted octanol–water partition coefficient (Wildman–Crippen LogP) is 3.75. The van der Waals surface area contributed by atoms with E-state index in [1.54, 1.807) is 53.6 Å². The Morgan fingerprint density at radius 3 is 2.15 bits per heavy atom. The van der Waals surface area contributed by atoms with Gasteiger partial charge in [-0.25, -0.2) is 13.4 Å². The van der Waals surface area contributed by atoms with Crippen LogP contribution in [0.2, 0.25) is 0 Å². The van der Waals surface area contributed by atoms with Crippen LogP contribution in [0.1, 0.15) is 25.3 Å². The molecule has 0 saturated carbocycles. The van der Waals surface area contributed by atoms with Crippen LogP contribution in [0, 0.1) is 0 Å². The first-order chi connectivity index (χ1) is 16.4. The number of amides is 1. The van der Waals surface area contributed by atoms with Crippen LogP contribution < -0.4 is 9.21 Å². The summed E-state index contributed by atoms with van der Waals surface area (Å²) >= 11 is 0. The normalized spacial score (nSPS) is 14.3. The molecule has 0 atom stereocenters. The largest absolute Gasteiger partial charge is 0.353 e. The van der Waals surface area contributed by atoms with Crippen LogP contribution in [0.3, 0.4) is 0 Å². The third-order valence-corrected chi connectivity index (χ3v) is 7.85. The van der Waals surface area contributed by atoms with E-state index in [-0.39, 0.29) is 17.3 Å². The van der Waals surface area contributed by atoms with E-state index in [0.717, 1.165) is 11.4 Å². The molecule has 0 unspecified atom stereocenters. The van der Waals surface area contributed by atoms with Gasteiger partial charge in [-0.3, -0.25) is 9.10 Å². The lowest BCUT2D eigenvalue weighted by molar-refractivity contribution is -0.129. The molecule has 0 N–H and O–H groups in total. The van der Waals surface area contributed by atoms with Gasteiger partial charge in [0, 0.05) is 32.4 Å². The van der Waals surface area contributed by atoms with Crippen molar-refractivity contribution in [1.29, 1.82) is 0 Å². The first-order valence-electron chi connectivity index (χ1n) is 11.5. The number of carbonyl (C=O) groups is 1. The molecule has 0 spiro atoms. The fraction of sp³-hybridized carbons (Fsp3) is 0.308. The molecule has 8 heteroatoms.